The Morgan fingerprint density at radius 2 is 2.06 bits per heavy atom. The smallest absolute Gasteiger partial charge is 0.326 e. The molecule has 0 bridgehead atoms. The summed E-state index contributed by atoms with van der Waals surface area (Å²) in [7, 11) is 0. The number of likely N-dealkylation sites (N-methyl/N-ethyl adjacent to an activating group) is 1. The fourth-order valence-corrected chi connectivity index (χ4v) is 2.68. The van der Waals surface area contributed by atoms with E-state index in [0.29, 0.717) is 19.5 Å². The number of nitrogens with zero attached hydrogens (tertiary/aromatic N) is 1. The van der Waals surface area contributed by atoms with E-state index in [-0.39, 0.29) is 0 Å². The maximum Gasteiger partial charge on any atom is 0.405 e. The first kappa shape index (κ1) is 15.5. The topological polar surface area (TPSA) is 29.3 Å². The van der Waals surface area contributed by atoms with Crippen LogP contribution in [0.4, 0.5) is 13.2 Å². The standard InChI is InChI=1S/C12H19F3N2S/c1-3-10(16)11(12(13,14)15)17(4-2)8-9-6-5-7-18-9/h5-7,10-11H,3-4,8,16H2,1-2H3. The molecule has 0 saturated carbocycles. The van der Waals surface area contributed by atoms with Crippen LogP contribution in [0.25, 0.3) is 0 Å². The van der Waals surface area contributed by atoms with Gasteiger partial charge in [-0.15, -0.1) is 11.3 Å². The monoisotopic (exact) mass is 280 g/mol. The van der Waals surface area contributed by atoms with E-state index in [4.69, 9.17) is 5.73 Å². The lowest BCUT2D eigenvalue weighted by Gasteiger charge is -2.35. The molecule has 2 atom stereocenters. The minimum atomic E-state index is -4.29. The van der Waals surface area contributed by atoms with Gasteiger partial charge in [0, 0.05) is 17.5 Å². The molecular formula is C12H19F3N2S. The highest BCUT2D eigenvalue weighted by Gasteiger charge is 2.46. The molecule has 1 rings (SSSR count). The maximum atomic E-state index is 13.1. The van der Waals surface area contributed by atoms with E-state index >= 15 is 0 Å². The van der Waals surface area contributed by atoms with Crippen LogP contribution in [0.3, 0.4) is 0 Å². The summed E-state index contributed by atoms with van der Waals surface area (Å²) in [5.74, 6) is 0. The summed E-state index contributed by atoms with van der Waals surface area (Å²) in [6, 6.07) is 1.23. The van der Waals surface area contributed by atoms with Crippen LogP contribution in [0.2, 0.25) is 0 Å². The van der Waals surface area contributed by atoms with E-state index in [1.807, 2.05) is 17.5 Å². The SMILES string of the molecule is CCC(N)C(N(CC)Cc1cccs1)C(F)(F)F. The zero-order chi connectivity index (χ0) is 13.8. The average Bonchev–Trinajstić information content (AvgIpc) is 2.78. The molecule has 0 aliphatic rings. The van der Waals surface area contributed by atoms with Crippen molar-refractivity contribution in [2.45, 2.75) is 45.1 Å². The van der Waals surface area contributed by atoms with Crippen molar-refractivity contribution in [3.8, 4) is 0 Å². The zero-order valence-corrected chi connectivity index (χ0v) is 11.4. The Hall–Kier alpha value is -0.590. The molecule has 0 aliphatic carbocycles. The molecule has 0 radical (unpaired) electrons. The van der Waals surface area contributed by atoms with E-state index < -0.39 is 18.3 Å². The van der Waals surface area contributed by atoms with Crippen LogP contribution >= 0.6 is 11.3 Å². The Labute approximate surface area is 110 Å². The summed E-state index contributed by atoms with van der Waals surface area (Å²) in [4.78, 5) is 2.33. The molecule has 2 N–H and O–H groups in total. The summed E-state index contributed by atoms with van der Waals surface area (Å²) in [6.45, 7) is 4.04. The number of hydrogen-bond donors (Lipinski definition) is 1. The van der Waals surface area contributed by atoms with Crippen molar-refractivity contribution in [3.63, 3.8) is 0 Å². The molecule has 1 aromatic rings. The van der Waals surface area contributed by atoms with Crippen molar-refractivity contribution in [1.82, 2.24) is 4.90 Å². The Kier molecular flexibility index (Phi) is 5.62. The summed E-state index contributed by atoms with van der Waals surface area (Å²) < 4.78 is 39.3. The van der Waals surface area contributed by atoms with Crippen molar-refractivity contribution in [3.05, 3.63) is 22.4 Å². The van der Waals surface area contributed by atoms with Gasteiger partial charge in [0.05, 0.1) is 0 Å². The van der Waals surface area contributed by atoms with Crippen LogP contribution in [0.5, 0.6) is 0 Å². The first-order valence-corrected chi connectivity index (χ1v) is 6.86. The molecule has 0 amide bonds. The molecule has 0 saturated heterocycles. The molecule has 1 aromatic heterocycles. The second-order valence-electron chi connectivity index (χ2n) is 4.20. The maximum absolute atomic E-state index is 13.1. The first-order chi connectivity index (χ1) is 8.40. The Bertz CT molecular complexity index is 338. The molecule has 104 valence electrons. The van der Waals surface area contributed by atoms with Crippen LogP contribution in [0, 0.1) is 0 Å². The highest BCUT2D eigenvalue weighted by atomic mass is 32.1. The molecule has 0 aromatic carbocycles. The molecule has 0 spiro atoms. The number of hydrogen-bond acceptors (Lipinski definition) is 3. The van der Waals surface area contributed by atoms with Crippen LogP contribution in [0.1, 0.15) is 25.1 Å². The quantitative estimate of drug-likeness (QED) is 0.867. The molecular weight excluding hydrogens is 261 g/mol. The number of halogens is 3. The van der Waals surface area contributed by atoms with Gasteiger partial charge in [0.25, 0.3) is 0 Å². The minimum absolute atomic E-state index is 0.298. The van der Waals surface area contributed by atoms with Gasteiger partial charge in [0.1, 0.15) is 6.04 Å². The lowest BCUT2D eigenvalue weighted by molar-refractivity contribution is -0.190. The third-order valence-electron chi connectivity index (χ3n) is 2.95. The summed E-state index contributed by atoms with van der Waals surface area (Å²) >= 11 is 1.46. The third kappa shape index (κ3) is 3.96. The highest BCUT2D eigenvalue weighted by molar-refractivity contribution is 7.09. The molecule has 2 nitrogen and oxygen atoms in total. The van der Waals surface area contributed by atoms with Crippen LogP contribution < -0.4 is 5.73 Å². The molecule has 6 heteroatoms. The number of nitrogens with two attached hydrogens (primary N) is 1. The van der Waals surface area contributed by atoms with Gasteiger partial charge in [-0.1, -0.05) is 19.9 Å². The zero-order valence-electron chi connectivity index (χ0n) is 10.6. The van der Waals surface area contributed by atoms with E-state index in [9.17, 15) is 13.2 Å². The molecule has 18 heavy (non-hydrogen) atoms. The molecule has 0 fully saturated rings. The summed E-state index contributed by atoms with van der Waals surface area (Å²) in [5.41, 5.74) is 5.65. The van der Waals surface area contributed by atoms with Crippen molar-refractivity contribution in [1.29, 1.82) is 0 Å². The van der Waals surface area contributed by atoms with Gasteiger partial charge >= 0.3 is 6.18 Å². The van der Waals surface area contributed by atoms with E-state index in [1.54, 1.807) is 13.8 Å². The summed E-state index contributed by atoms with van der Waals surface area (Å²) in [6.07, 6.45) is -3.98. The van der Waals surface area contributed by atoms with Crippen molar-refractivity contribution >= 4 is 11.3 Å². The van der Waals surface area contributed by atoms with Gasteiger partial charge in [-0.2, -0.15) is 13.2 Å². The largest absolute Gasteiger partial charge is 0.405 e. The fourth-order valence-electron chi connectivity index (χ4n) is 1.95. The Morgan fingerprint density at radius 3 is 2.44 bits per heavy atom. The normalized spacial score (nSPS) is 15.9. The Morgan fingerprint density at radius 1 is 1.39 bits per heavy atom. The number of thiophene rings is 1. The predicted molar refractivity (Wildman–Crippen MR) is 68.5 cm³/mol. The Balaban J connectivity index is 2.87. The van der Waals surface area contributed by atoms with Gasteiger partial charge < -0.3 is 5.73 Å². The van der Waals surface area contributed by atoms with Crippen molar-refractivity contribution in [2.24, 2.45) is 5.73 Å². The van der Waals surface area contributed by atoms with Gasteiger partial charge in [0.2, 0.25) is 0 Å². The van der Waals surface area contributed by atoms with Crippen LogP contribution in [0.15, 0.2) is 17.5 Å². The van der Waals surface area contributed by atoms with Crippen molar-refractivity contribution in [2.75, 3.05) is 6.54 Å². The second kappa shape index (κ2) is 6.54. The van der Waals surface area contributed by atoms with Crippen LogP contribution in [-0.4, -0.2) is 29.7 Å². The first-order valence-electron chi connectivity index (χ1n) is 5.98. The molecule has 2 unspecified atom stereocenters. The lowest BCUT2D eigenvalue weighted by Crippen LogP contribution is -2.55. The van der Waals surface area contributed by atoms with E-state index in [0.717, 1.165) is 4.88 Å². The van der Waals surface area contributed by atoms with E-state index in [1.165, 1.54) is 16.2 Å². The van der Waals surface area contributed by atoms with Gasteiger partial charge in [-0.05, 0) is 24.4 Å². The average molecular weight is 280 g/mol. The van der Waals surface area contributed by atoms with Gasteiger partial charge in [-0.25, -0.2) is 0 Å². The number of rotatable bonds is 6. The molecule has 0 aliphatic heterocycles. The molecule has 1 heterocycles. The van der Waals surface area contributed by atoms with Gasteiger partial charge in [-0.3, -0.25) is 4.90 Å². The fraction of sp³-hybridized carbons (Fsp3) is 0.667. The van der Waals surface area contributed by atoms with Crippen molar-refractivity contribution < 1.29 is 13.2 Å². The third-order valence-corrected chi connectivity index (χ3v) is 3.81. The van der Waals surface area contributed by atoms with Gasteiger partial charge in [0.15, 0.2) is 0 Å². The highest BCUT2D eigenvalue weighted by Crippen LogP contribution is 2.29. The summed E-state index contributed by atoms with van der Waals surface area (Å²) in [5, 5.41) is 1.87. The van der Waals surface area contributed by atoms with Crippen LogP contribution in [-0.2, 0) is 6.54 Å². The van der Waals surface area contributed by atoms with E-state index in [2.05, 4.69) is 0 Å². The minimum Gasteiger partial charge on any atom is -0.326 e. The number of alkyl halides is 3. The lowest BCUT2D eigenvalue weighted by atomic mass is 10.0. The predicted octanol–water partition coefficient (Wildman–Crippen LogP) is 3.24. The second-order valence-corrected chi connectivity index (χ2v) is 5.23.